The second kappa shape index (κ2) is 30.3. The van der Waals surface area contributed by atoms with Gasteiger partial charge in [0.1, 0.15) is 11.2 Å². The van der Waals surface area contributed by atoms with Crippen molar-refractivity contribution in [3.8, 4) is 0 Å². The highest BCUT2D eigenvalue weighted by Gasteiger charge is 2.32. The molecule has 0 fully saturated rings. The average Bonchev–Trinajstić information content (AvgIpc) is 2.89. The van der Waals surface area contributed by atoms with Crippen LogP contribution in [-0.4, -0.2) is 85.9 Å². The van der Waals surface area contributed by atoms with E-state index in [-0.39, 0.29) is 13.2 Å². The number of hydrogen-bond acceptors (Lipinski definition) is 10. The monoisotopic (exact) mass is 559 g/mol. The van der Waals surface area contributed by atoms with Gasteiger partial charge in [0.25, 0.3) is 0 Å². The third kappa shape index (κ3) is 31.9. The lowest BCUT2D eigenvalue weighted by molar-refractivity contribution is -0.0183. The fourth-order valence-corrected chi connectivity index (χ4v) is 3.62. The van der Waals surface area contributed by atoms with Gasteiger partial charge in [-0.05, 0) is 10.7 Å². The second-order valence-corrected chi connectivity index (χ2v) is 9.78. The van der Waals surface area contributed by atoms with Crippen LogP contribution in [-0.2, 0) is 56.4 Å². The molecule has 0 rings (SSSR count). The molecule has 0 amide bonds. The first-order chi connectivity index (χ1) is 18.1. The van der Waals surface area contributed by atoms with Crippen molar-refractivity contribution >= 4 is 10.8 Å². The van der Waals surface area contributed by atoms with Crippen LogP contribution in [0.15, 0.2) is 0 Å². The van der Waals surface area contributed by atoms with E-state index in [9.17, 15) is 8.76 Å². The van der Waals surface area contributed by atoms with Gasteiger partial charge in [0.2, 0.25) is 0 Å². The van der Waals surface area contributed by atoms with E-state index in [1.165, 1.54) is 64.2 Å². The molecule has 1 unspecified atom stereocenters. The molecule has 0 aliphatic rings. The highest BCUT2D eigenvalue weighted by atomic mass is 32.3. The van der Waals surface area contributed by atoms with E-state index in [4.69, 9.17) is 28.4 Å². The molecule has 12 heteroatoms. The summed E-state index contributed by atoms with van der Waals surface area (Å²) in [5, 5.41) is 0. The zero-order valence-corrected chi connectivity index (χ0v) is 23.9. The van der Waals surface area contributed by atoms with Crippen LogP contribution >= 0.6 is 0 Å². The van der Waals surface area contributed by atoms with Crippen molar-refractivity contribution in [1.29, 1.82) is 0 Å². The Balaban J connectivity index is 3.06. The van der Waals surface area contributed by atoms with Crippen molar-refractivity contribution < 1.29 is 45.6 Å². The van der Waals surface area contributed by atoms with Gasteiger partial charge < -0.3 is 28.4 Å². The Morgan fingerprint density at radius 2 is 0.757 bits per heavy atom. The summed E-state index contributed by atoms with van der Waals surface area (Å²) in [6.45, 7) is 7.79. The lowest BCUT2D eigenvalue weighted by Crippen LogP contribution is -2.22. The van der Waals surface area contributed by atoms with Crippen LogP contribution in [0.4, 0.5) is 0 Å². The van der Waals surface area contributed by atoms with E-state index >= 15 is 0 Å². The van der Waals surface area contributed by atoms with Gasteiger partial charge in [-0.25, -0.2) is 0 Å². The third-order valence-corrected chi connectivity index (χ3v) is 6.02. The zero-order valence-electron chi connectivity index (χ0n) is 23.0. The molecule has 0 spiro atoms. The van der Waals surface area contributed by atoms with Crippen LogP contribution in [0.2, 0.25) is 0 Å². The van der Waals surface area contributed by atoms with Crippen LogP contribution in [0.1, 0.15) is 77.6 Å². The van der Waals surface area contributed by atoms with Crippen molar-refractivity contribution in [2.24, 2.45) is 5.90 Å². The van der Waals surface area contributed by atoms with Crippen molar-refractivity contribution in [2.75, 3.05) is 85.9 Å². The molecule has 2 N–H and O–H groups in total. The molecule has 0 bridgehead atoms. The first kappa shape index (κ1) is 36.8. The molecule has 223 valence electrons. The van der Waals surface area contributed by atoms with Gasteiger partial charge in [0.05, 0.1) is 72.7 Å². The quantitative estimate of drug-likeness (QED) is 0.0732. The van der Waals surface area contributed by atoms with Crippen LogP contribution in [0, 0.1) is 0 Å². The van der Waals surface area contributed by atoms with Gasteiger partial charge in [0.15, 0.2) is 0 Å². The molecular weight excluding hydrogens is 506 g/mol. The molecule has 0 aliphatic heterocycles. The minimum absolute atomic E-state index is 0.0793. The molecule has 1 radical (unpaired) electrons. The zero-order chi connectivity index (χ0) is 27.1. The molecule has 11 nitrogen and oxygen atoms in total. The Hall–Kier alpha value is -0.250. The molecule has 1 atom stereocenters. The van der Waals surface area contributed by atoms with Crippen molar-refractivity contribution in [3.63, 3.8) is 0 Å². The largest absolute Gasteiger partial charge is 0.564 e. The highest BCUT2D eigenvalue weighted by Crippen LogP contribution is 2.11. The molecule has 0 saturated heterocycles. The van der Waals surface area contributed by atoms with Crippen LogP contribution in [0.3, 0.4) is 0 Å². The van der Waals surface area contributed by atoms with E-state index in [1.807, 2.05) is 0 Å². The fourth-order valence-electron chi connectivity index (χ4n) is 3.29. The molecule has 0 aromatic rings. The first-order valence-electron chi connectivity index (χ1n) is 13.9. The number of hydrogen-bond donors (Lipinski definition) is 1. The van der Waals surface area contributed by atoms with Crippen LogP contribution in [0.25, 0.3) is 0 Å². The first-order valence-corrected chi connectivity index (χ1v) is 15.2. The van der Waals surface area contributed by atoms with E-state index in [1.54, 1.807) is 0 Å². The van der Waals surface area contributed by atoms with Gasteiger partial charge in [-0.15, -0.1) is 4.18 Å². The SMILES string of the molecule is CCCCCCCCCCCCCOCCOCCOCCOCCOCCOCCO[S+]([O])(=O)ON. The summed E-state index contributed by atoms with van der Waals surface area (Å²) in [4.78, 5) is 0. The van der Waals surface area contributed by atoms with Crippen molar-refractivity contribution in [1.82, 2.24) is 0 Å². The normalized spacial score (nSPS) is 13.3. The number of unbranched alkanes of at least 4 members (excludes halogenated alkanes) is 10. The molecule has 37 heavy (non-hydrogen) atoms. The second-order valence-electron chi connectivity index (χ2n) is 8.54. The summed E-state index contributed by atoms with van der Waals surface area (Å²) in [5.74, 6) is 4.52. The fraction of sp³-hybridized carbons (Fsp3) is 1.00. The Bertz CT molecular complexity index is 490. The summed E-state index contributed by atoms with van der Waals surface area (Å²) in [6.07, 6.45) is 14.8. The summed E-state index contributed by atoms with van der Waals surface area (Å²) < 4.78 is 62.0. The van der Waals surface area contributed by atoms with Crippen molar-refractivity contribution in [3.05, 3.63) is 0 Å². The van der Waals surface area contributed by atoms with Crippen LogP contribution < -0.4 is 5.90 Å². The average molecular weight is 560 g/mol. The molecule has 0 aromatic carbocycles. The lowest BCUT2D eigenvalue weighted by Gasteiger charge is -2.08. The van der Waals surface area contributed by atoms with Crippen molar-refractivity contribution in [2.45, 2.75) is 77.6 Å². The Morgan fingerprint density at radius 3 is 1.11 bits per heavy atom. The summed E-state index contributed by atoms with van der Waals surface area (Å²) in [7, 11) is -4.12. The van der Waals surface area contributed by atoms with E-state index in [0.29, 0.717) is 66.1 Å². The molecule has 0 aromatic heterocycles. The Morgan fingerprint density at radius 1 is 0.459 bits per heavy atom. The lowest BCUT2D eigenvalue weighted by atomic mass is 10.1. The van der Waals surface area contributed by atoms with E-state index < -0.39 is 10.8 Å². The maximum atomic E-state index is 10.8. The molecular formula is C25H53NO10S+. The van der Waals surface area contributed by atoms with Gasteiger partial charge in [-0.3, -0.25) is 0 Å². The number of ether oxygens (including phenoxy) is 6. The van der Waals surface area contributed by atoms with E-state index in [0.717, 1.165) is 13.0 Å². The smallest absolute Gasteiger partial charge is 0.379 e. The molecule has 0 aliphatic carbocycles. The van der Waals surface area contributed by atoms with Gasteiger partial charge >= 0.3 is 10.8 Å². The topological polar surface area (TPSA) is 137 Å². The van der Waals surface area contributed by atoms with E-state index in [2.05, 4.69) is 21.3 Å². The summed E-state index contributed by atoms with van der Waals surface area (Å²) in [5.41, 5.74) is 0. The minimum atomic E-state index is -4.12. The summed E-state index contributed by atoms with van der Waals surface area (Å²) in [6, 6.07) is 0. The summed E-state index contributed by atoms with van der Waals surface area (Å²) >= 11 is 0. The van der Waals surface area contributed by atoms with Gasteiger partial charge in [0, 0.05) is 10.8 Å². The number of rotatable bonds is 32. The predicted octanol–water partition coefficient (Wildman–Crippen LogP) is 3.98. The standard InChI is InChI=1S/C25H53NO10S/c1-2-3-4-5-6-7-8-9-10-11-12-13-29-14-15-30-16-17-31-18-19-32-20-21-33-22-23-34-24-25-35-37(27,28)36-26/h2-26H2,1H3/q+1. The Labute approximate surface area is 225 Å². The maximum Gasteiger partial charge on any atom is 0.564 e. The number of nitrogens with two attached hydrogens (primary N) is 1. The molecule has 0 saturated carbocycles. The third-order valence-electron chi connectivity index (χ3n) is 5.33. The molecule has 0 heterocycles. The van der Waals surface area contributed by atoms with Gasteiger partial charge in [-0.2, -0.15) is 5.90 Å². The maximum absolute atomic E-state index is 10.8. The predicted molar refractivity (Wildman–Crippen MR) is 141 cm³/mol. The van der Waals surface area contributed by atoms with Crippen LogP contribution in [0.5, 0.6) is 0 Å². The Kier molecular flexibility index (Phi) is 30.1. The van der Waals surface area contributed by atoms with Gasteiger partial charge in [-0.1, -0.05) is 71.1 Å². The minimum Gasteiger partial charge on any atom is -0.379 e. The highest BCUT2D eigenvalue weighted by molar-refractivity contribution is 7.88.